The lowest BCUT2D eigenvalue weighted by Crippen LogP contribution is -2.27. The van der Waals surface area contributed by atoms with Gasteiger partial charge in [-0.2, -0.15) is 13.2 Å². The summed E-state index contributed by atoms with van der Waals surface area (Å²) in [5, 5.41) is 2.40. The van der Waals surface area contributed by atoms with Gasteiger partial charge in [0.25, 0.3) is 5.91 Å². The Morgan fingerprint density at radius 1 is 1.56 bits per heavy atom. The molecule has 100 valence electrons. The Kier molecular flexibility index (Phi) is 5.09. The van der Waals surface area contributed by atoms with E-state index in [2.05, 4.69) is 10.3 Å². The molecule has 1 aromatic heterocycles. The Bertz CT molecular complexity index is 442. The maximum atomic E-state index is 11.8. The molecule has 3 N–H and O–H groups in total. The summed E-state index contributed by atoms with van der Waals surface area (Å²) < 4.78 is 35.5. The van der Waals surface area contributed by atoms with Gasteiger partial charge >= 0.3 is 5.51 Å². The van der Waals surface area contributed by atoms with E-state index < -0.39 is 11.4 Å². The number of halogens is 4. The quantitative estimate of drug-likeness (QED) is 0.661. The van der Waals surface area contributed by atoms with Crippen LogP contribution in [0.1, 0.15) is 10.4 Å². The van der Waals surface area contributed by atoms with Gasteiger partial charge in [-0.1, -0.05) is 11.6 Å². The van der Waals surface area contributed by atoms with Crippen molar-refractivity contribution in [1.29, 1.82) is 0 Å². The predicted molar refractivity (Wildman–Crippen MR) is 64.5 cm³/mol. The van der Waals surface area contributed by atoms with Crippen molar-refractivity contribution in [2.24, 2.45) is 0 Å². The first kappa shape index (κ1) is 14.9. The van der Waals surface area contributed by atoms with Crippen LogP contribution in [0.2, 0.25) is 5.15 Å². The van der Waals surface area contributed by atoms with Crippen LogP contribution in [0, 0.1) is 0 Å². The minimum Gasteiger partial charge on any atom is -0.397 e. The molecule has 0 aliphatic heterocycles. The Labute approximate surface area is 110 Å². The Morgan fingerprint density at radius 2 is 2.22 bits per heavy atom. The van der Waals surface area contributed by atoms with Crippen molar-refractivity contribution in [1.82, 2.24) is 10.3 Å². The van der Waals surface area contributed by atoms with E-state index in [0.717, 1.165) is 0 Å². The molecule has 18 heavy (non-hydrogen) atoms. The molecule has 0 aliphatic carbocycles. The van der Waals surface area contributed by atoms with E-state index >= 15 is 0 Å². The number of aromatic nitrogens is 1. The number of rotatable bonds is 4. The molecule has 1 heterocycles. The third kappa shape index (κ3) is 5.01. The highest BCUT2D eigenvalue weighted by Gasteiger charge is 2.27. The molecule has 0 aliphatic rings. The van der Waals surface area contributed by atoms with Crippen LogP contribution in [0.4, 0.5) is 18.9 Å². The number of hydrogen-bond acceptors (Lipinski definition) is 4. The zero-order chi connectivity index (χ0) is 13.8. The number of anilines is 1. The molecule has 0 bridgehead atoms. The Balaban J connectivity index is 2.48. The number of nitrogens with two attached hydrogens (primary N) is 1. The number of nitrogen functional groups attached to an aromatic ring is 1. The van der Waals surface area contributed by atoms with Crippen LogP contribution in [0.3, 0.4) is 0 Å². The van der Waals surface area contributed by atoms with Gasteiger partial charge in [0.2, 0.25) is 0 Å². The van der Waals surface area contributed by atoms with E-state index in [0.29, 0.717) is 0 Å². The number of carbonyl (C=O) groups is 1. The second kappa shape index (κ2) is 6.14. The number of nitrogens with zero attached hydrogens (tertiary/aromatic N) is 1. The number of nitrogens with one attached hydrogen (secondary N) is 1. The lowest BCUT2D eigenvalue weighted by atomic mass is 10.2. The molecule has 4 nitrogen and oxygen atoms in total. The normalized spacial score (nSPS) is 11.3. The highest BCUT2D eigenvalue weighted by molar-refractivity contribution is 8.00. The number of amides is 1. The van der Waals surface area contributed by atoms with Crippen LogP contribution in [-0.2, 0) is 0 Å². The molecular formula is C9H9ClF3N3OS. The van der Waals surface area contributed by atoms with E-state index in [1.807, 2.05) is 0 Å². The van der Waals surface area contributed by atoms with Gasteiger partial charge in [-0.25, -0.2) is 4.98 Å². The molecule has 0 unspecified atom stereocenters. The van der Waals surface area contributed by atoms with Gasteiger partial charge in [-0.05, 0) is 17.8 Å². The largest absolute Gasteiger partial charge is 0.441 e. The highest BCUT2D eigenvalue weighted by atomic mass is 35.5. The minimum absolute atomic E-state index is 0.0824. The van der Waals surface area contributed by atoms with Crippen molar-refractivity contribution in [3.05, 3.63) is 23.0 Å². The van der Waals surface area contributed by atoms with Gasteiger partial charge in [0.05, 0.1) is 17.4 Å². The lowest BCUT2D eigenvalue weighted by molar-refractivity contribution is -0.0327. The molecular weight excluding hydrogens is 291 g/mol. The van der Waals surface area contributed by atoms with Crippen molar-refractivity contribution in [3.63, 3.8) is 0 Å². The van der Waals surface area contributed by atoms with Crippen molar-refractivity contribution in [2.45, 2.75) is 5.51 Å². The Morgan fingerprint density at radius 3 is 2.83 bits per heavy atom. The first-order valence-corrected chi connectivity index (χ1v) is 6.06. The second-order valence-corrected chi connectivity index (χ2v) is 4.69. The fraction of sp³-hybridized carbons (Fsp3) is 0.333. The van der Waals surface area contributed by atoms with E-state index in [1.165, 1.54) is 12.3 Å². The number of alkyl halides is 3. The molecule has 0 atom stereocenters. The summed E-state index contributed by atoms with van der Waals surface area (Å²) in [5.41, 5.74) is 1.40. The van der Waals surface area contributed by atoms with Crippen LogP contribution >= 0.6 is 23.4 Å². The summed E-state index contributed by atoms with van der Waals surface area (Å²) in [7, 11) is 0. The van der Waals surface area contributed by atoms with Gasteiger partial charge in [-0.15, -0.1) is 0 Å². The predicted octanol–water partition coefficient (Wildman–Crippen LogP) is 2.30. The van der Waals surface area contributed by atoms with E-state index in [4.69, 9.17) is 17.3 Å². The van der Waals surface area contributed by atoms with Crippen molar-refractivity contribution in [2.75, 3.05) is 18.0 Å². The van der Waals surface area contributed by atoms with Gasteiger partial charge in [0.1, 0.15) is 5.15 Å². The fourth-order valence-corrected chi connectivity index (χ4v) is 1.66. The van der Waals surface area contributed by atoms with Crippen molar-refractivity contribution >= 4 is 35.0 Å². The lowest BCUT2D eigenvalue weighted by Gasteiger charge is -2.08. The van der Waals surface area contributed by atoms with Gasteiger partial charge in [-0.3, -0.25) is 4.79 Å². The maximum absolute atomic E-state index is 11.8. The van der Waals surface area contributed by atoms with E-state index in [-0.39, 0.29) is 40.5 Å². The minimum atomic E-state index is -4.30. The SMILES string of the molecule is Nc1cnc(Cl)cc1C(=O)NCCSC(F)(F)F. The highest BCUT2D eigenvalue weighted by Crippen LogP contribution is 2.29. The maximum Gasteiger partial charge on any atom is 0.441 e. The standard InChI is InChI=1S/C9H9ClF3N3OS/c10-7-3-5(6(14)4-16-7)8(17)15-1-2-18-9(11,12)13/h3-4H,1-2,14H2,(H,15,17). The molecule has 0 spiro atoms. The van der Waals surface area contributed by atoms with Crippen LogP contribution in [0.15, 0.2) is 12.3 Å². The zero-order valence-electron chi connectivity index (χ0n) is 8.92. The second-order valence-electron chi connectivity index (χ2n) is 3.14. The van der Waals surface area contributed by atoms with E-state index in [1.54, 1.807) is 0 Å². The first-order chi connectivity index (χ1) is 8.29. The van der Waals surface area contributed by atoms with Crippen molar-refractivity contribution in [3.8, 4) is 0 Å². The average Bonchev–Trinajstić information content (AvgIpc) is 2.26. The number of hydrogen-bond donors (Lipinski definition) is 2. The molecule has 0 saturated heterocycles. The number of pyridine rings is 1. The molecule has 1 rings (SSSR count). The number of carbonyl (C=O) groups excluding carboxylic acids is 1. The molecule has 9 heteroatoms. The third-order valence-electron chi connectivity index (χ3n) is 1.80. The molecule has 0 saturated carbocycles. The summed E-state index contributed by atoms with van der Waals surface area (Å²) in [6.45, 7) is -0.123. The summed E-state index contributed by atoms with van der Waals surface area (Å²) in [5.74, 6) is -0.854. The summed E-state index contributed by atoms with van der Waals surface area (Å²) in [6.07, 6.45) is 1.21. The zero-order valence-corrected chi connectivity index (χ0v) is 10.5. The molecule has 0 aromatic carbocycles. The monoisotopic (exact) mass is 299 g/mol. The summed E-state index contributed by atoms with van der Waals surface area (Å²) >= 11 is 5.38. The summed E-state index contributed by atoms with van der Waals surface area (Å²) in [4.78, 5) is 15.2. The van der Waals surface area contributed by atoms with Crippen LogP contribution < -0.4 is 11.1 Å². The van der Waals surface area contributed by atoms with Crippen LogP contribution in [0.5, 0.6) is 0 Å². The van der Waals surface area contributed by atoms with E-state index in [9.17, 15) is 18.0 Å². The third-order valence-corrected chi connectivity index (χ3v) is 2.74. The molecule has 1 amide bonds. The molecule has 1 aromatic rings. The van der Waals surface area contributed by atoms with Crippen LogP contribution in [-0.4, -0.2) is 28.7 Å². The smallest absolute Gasteiger partial charge is 0.397 e. The number of thioether (sulfide) groups is 1. The van der Waals surface area contributed by atoms with Crippen molar-refractivity contribution < 1.29 is 18.0 Å². The first-order valence-electron chi connectivity index (χ1n) is 4.69. The van der Waals surface area contributed by atoms with Crippen LogP contribution in [0.25, 0.3) is 0 Å². The Hall–Kier alpha value is -1.15. The van der Waals surface area contributed by atoms with Gasteiger partial charge in [0, 0.05) is 12.3 Å². The average molecular weight is 300 g/mol. The van der Waals surface area contributed by atoms with Gasteiger partial charge in [0.15, 0.2) is 0 Å². The molecule has 0 radical (unpaired) electrons. The topological polar surface area (TPSA) is 68.0 Å². The van der Waals surface area contributed by atoms with Gasteiger partial charge < -0.3 is 11.1 Å². The fourth-order valence-electron chi connectivity index (χ4n) is 1.06. The summed E-state index contributed by atoms with van der Waals surface area (Å²) in [6, 6.07) is 1.25. The molecule has 0 fully saturated rings.